The fourth-order valence-corrected chi connectivity index (χ4v) is 3.23. The van der Waals surface area contributed by atoms with Gasteiger partial charge in [-0.15, -0.1) is 0 Å². The molecule has 0 unspecified atom stereocenters. The molecule has 0 saturated heterocycles. The lowest BCUT2D eigenvalue weighted by Gasteiger charge is -2.18. The molecule has 0 spiro atoms. The van der Waals surface area contributed by atoms with E-state index in [4.69, 9.17) is 21.1 Å². The van der Waals surface area contributed by atoms with Crippen LogP contribution in [0.5, 0.6) is 5.75 Å². The van der Waals surface area contributed by atoms with Crippen LogP contribution >= 0.6 is 11.6 Å². The van der Waals surface area contributed by atoms with Crippen molar-refractivity contribution < 1.29 is 23.5 Å². The number of allylic oxidation sites excluding steroid dienone is 1. The van der Waals surface area contributed by atoms with Crippen LogP contribution < -0.4 is 9.64 Å². The first-order chi connectivity index (χ1) is 13.4. The van der Waals surface area contributed by atoms with Crippen LogP contribution in [0.2, 0.25) is 5.02 Å². The van der Waals surface area contributed by atoms with Crippen LogP contribution in [0.1, 0.15) is 12.5 Å². The third-order valence-corrected chi connectivity index (χ3v) is 4.74. The van der Waals surface area contributed by atoms with E-state index in [1.54, 1.807) is 31.2 Å². The van der Waals surface area contributed by atoms with Crippen molar-refractivity contribution in [1.82, 2.24) is 0 Å². The summed E-state index contributed by atoms with van der Waals surface area (Å²) >= 11 is 6.08. The van der Waals surface area contributed by atoms with Gasteiger partial charge in [-0.25, -0.2) is 9.18 Å². The van der Waals surface area contributed by atoms with E-state index >= 15 is 0 Å². The molecule has 1 heterocycles. The summed E-state index contributed by atoms with van der Waals surface area (Å²) in [7, 11) is 2.76. The molecule has 0 fully saturated rings. The predicted molar refractivity (Wildman–Crippen MR) is 105 cm³/mol. The fourth-order valence-electron chi connectivity index (χ4n) is 3.02. The molecule has 0 N–H and O–H groups in total. The highest BCUT2D eigenvalue weighted by atomic mass is 35.5. The Bertz CT molecular complexity index is 991. The molecule has 0 aliphatic carbocycles. The number of esters is 1. The van der Waals surface area contributed by atoms with E-state index in [-0.39, 0.29) is 21.7 Å². The third kappa shape index (κ3) is 3.39. The molecule has 2 aromatic rings. The second-order valence-electron chi connectivity index (χ2n) is 5.98. The molecule has 7 heteroatoms. The number of hydrogen-bond acceptors (Lipinski definition) is 4. The molecule has 2 aromatic carbocycles. The lowest BCUT2D eigenvalue weighted by molar-refractivity contribution is -0.136. The Morgan fingerprint density at radius 3 is 2.39 bits per heavy atom. The van der Waals surface area contributed by atoms with Gasteiger partial charge in [0.1, 0.15) is 11.6 Å². The van der Waals surface area contributed by atoms with Crippen molar-refractivity contribution in [2.45, 2.75) is 6.92 Å². The summed E-state index contributed by atoms with van der Waals surface area (Å²) in [6.07, 6.45) is 1.28. The zero-order valence-corrected chi connectivity index (χ0v) is 16.2. The molecular formula is C21H17ClFNO4. The van der Waals surface area contributed by atoms with Gasteiger partial charge in [-0.3, -0.25) is 9.69 Å². The minimum Gasteiger partial charge on any atom is -0.497 e. The van der Waals surface area contributed by atoms with E-state index in [2.05, 4.69) is 0 Å². The first kappa shape index (κ1) is 19.6. The summed E-state index contributed by atoms with van der Waals surface area (Å²) < 4.78 is 24.2. The maximum Gasteiger partial charge on any atom is 0.340 e. The summed E-state index contributed by atoms with van der Waals surface area (Å²) in [5.74, 6) is -1.15. The SMILES string of the molecule is COC(=O)C1=C(C)N(c2ccc(OC)cc2)C(=O)/C1=C/c1c(F)cccc1Cl. The fraction of sp³-hybridized carbons (Fsp3) is 0.143. The number of hydrogen-bond donors (Lipinski definition) is 0. The first-order valence-electron chi connectivity index (χ1n) is 8.32. The summed E-state index contributed by atoms with van der Waals surface area (Å²) in [4.78, 5) is 26.9. The third-order valence-electron chi connectivity index (χ3n) is 4.41. The second kappa shape index (κ2) is 7.86. The molecule has 1 aliphatic rings. The van der Waals surface area contributed by atoms with Gasteiger partial charge in [0.25, 0.3) is 5.91 Å². The standard InChI is InChI=1S/C21H17ClFNO4/c1-12-19(21(26)28-3)16(11-15-17(22)5-4-6-18(15)23)20(25)24(12)13-7-9-14(27-2)10-8-13/h4-11H,1-3H3/b16-11+. The van der Waals surface area contributed by atoms with Crippen LogP contribution in [0.25, 0.3) is 6.08 Å². The number of methoxy groups -OCH3 is 2. The number of nitrogens with zero attached hydrogens (tertiary/aromatic N) is 1. The van der Waals surface area contributed by atoms with E-state index in [1.165, 1.54) is 43.4 Å². The maximum atomic E-state index is 14.2. The highest BCUT2D eigenvalue weighted by molar-refractivity contribution is 6.32. The second-order valence-corrected chi connectivity index (χ2v) is 6.39. The molecule has 0 radical (unpaired) electrons. The van der Waals surface area contributed by atoms with E-state index in [0.29, 0.717) is 17.1 Å². The number of amides is 1. The molecule has 28 heavy (non-hydrogen) atoms. The largest absolute Gasteiger partial charge is 0.497 e. The quantitative estimate of drug-likeness (QED) is 0.564. The lowest BCUT2D eigenvalue weighted by Crippen LogP contribution is -2.24. The normalized spacial score (nSPS) is 15.4. The van der Waals surface area contributed by atoms with Gasteiger partial charge in [0, 0.05) is 16.9 Å². The van der Waals surface area contributed by atoms with Crippen molar-refractivity contribution in [3.8, 4) is 5.75 Å². The van der Waals surface area contributed by atoms with E-state index in [0.717, 1.165) is 0 Å². The summed E-state index contributed by atoms with van der Waals surface area (Å²) in [6, 6.07) is 11.0. The van der Waals surface area contributed by atoms with Crippen LogP contribution in [0.4, 0.5) is 10.1 Å². The van der Waals surface area contributed by atoms with Gasteiger partial charge in [-0.1, -0.05) is 17.7 Å². The minimum atomic E-state index is -0.694. The number of carbonyl (C=O) groups excluding carboxylic acids is 2. The number of anilines is 1. The number of carbonyl (C=O) groups is 2. The molecule has 0 bridgehead atoms. The molecule has 144 valence electrons. The van der Waals surface area contributed by atoms with Gasteiger partial charge in [-0.2, -0.15) is 0 Å². The Hall–Kier alpha value is -3.12. The molecule has 1 aliphatic heterocycles. The van der Waals surface area contributed by atoms with Gasteiger partial charge in [-0.05, 0) is 49.4 Å². The van der Waals surface area contributed by atoms with Crippen LogP contribution in [-0.2, 0) is 14.3 Å². The molecule has 5 nitrogen and oxygen atoms in total. The van der Waals surface area contributed by atoms with Crippen molar-refractivity contribution in [1.29, 1.82) is 0 Å². The summed E-state index contributed by atoms with van der Waals surface area (Å²) in [5, 5.41) is 0.130. The Kier molecular flexibility index (Phi) is 5.51. The van der Waals surface area contributed by atoms with Gasteiger partial charge in [0.2, 0.25) is 0 Å². The highest BCUT2D eigenvalue weighted by Crippen LogP contribution is 2.37. The van der Waals surface area contributed by atoms with Crippen molar-refractivity contribution >= 4 is 35.2 Å². The van der Waals surface area contributed by atoms with Gasteiger partial charge >= 0.3 is 5.97 Å². The van der Waals surface area contributed by atoms with Crippen LogP contribution in [0.3, 0.4) is 0 Å². The molecule has 0 saturated carbocycles. The summed E-state index contributed by atoms with van der Waals surface area (Å²) in [6.45, 7) is 1.62. The average Bonchev–Trinajstić information content (AvgIpc) is 2.94. The predicted octanol–water partition coefficient (Wildman–Crippen LogP) is 4.36. The topological polar surface area (TPSA) is 55.8 Å². The van der Waals surface area contributed by atoms with Gasteiger partial charge < -0.3 is 9.47 Å². The number of halogens is 2. The molecule has 1 amide bonds. The molecular weight excluding hydrogens is 385 g/mol. The minimum absolute atomic E-state index is 0.00664. The first-order valence-corrected chi connectivity index (χ1v) is 8.70. The molecule has 0 aromatic heterocycles. The average molecular weight is 402 g/mol. The van der Waals surface area contributed by atoms with E-state index in [1.807, 2.05) is 0 Å². The van der Waals surface area contributed by atoms with Crippen LogP contribution in [-0.4, -0.2) is 26.1 Å². The molecule has 0 atom stereocenters. The van der Waals surface area contributed by atoms with E-state index in [9.17, 15) is 14.0 Å². The number of benzene rings is 2. The zero-order valence-electron chi connectivity index (χ0n) is 15.5. The van der Waals surface area contributed by atoms with Gasteiger partial charge in [0.05, 0.1) is 30.4 Å². The van der Waals surface area contributed by atoms with Crippen LogP contribution in [0, 0.1) is 5.82 Å². The zero-order chi connectivity index (χ0) is 20.4. The smallest absolute Gasteiger partial charge is 0.340 e. The highest BCUT2D eigenvalue weighted by Gasteiger charge is 2.38. The van der Waals surface area contributed by atoms with Crippen molar-refractivity contribution in [2.75, 3.05) is 19.1 Å². The monoisotopic (exact) mass is 401 g/mol. The van der Waals surface area contributed by atoms with Crippen molar-refractivity contribution in [3.63, 3.8) is 0 Å². The summed E-state index contributed by atoms with van der Waals surface area (Å²) in [5.41, 5.74) is 1.00. The van der Waals surface area contributed by atoms with E-state index < -0.39 is 17.7 Å². The Morgan fingerprint density at radius 1 is 1.14 bits per heavy atom. The number of rotatable bonds is 4. The van der Waals surface area contributed by atoms with Crippen LogP contribution in [0.15, 0.2) is 59.3 Å². The van der Waals surface area contributed by atoms with Crippen molar-refractivity contribution in [2.24, 2.45) is 0 Å². The number of ether oxygens (including phenoxy) is 2. The Morgan fingerprint density at radius 2 is 1.82 bits per heavy atom. The Labute approximate surface area is 166 Å². The lowest BCUT2D eigenvalue weighted by atomic mass is 10.0. The Balaban J connectivity index is 2.16. The maximum absolute atomic E-state index is 14.2. The van der Waals surface area contributed by atoms with Gasteiger partial charge in [0.15, 0.2) is 0 Å². The van der Waals surface area contributed by atoms with Crippen molar-refractivity contribution in [3.05, 3.63) is 75.7 Å². The molecule has 3 rings (SSSR count).